The second kappa shape index (κ2) is 13.4. The van der Waals surface area contributed by atoms with E-state index in [-0.39, 0.29) is 18.3 Å². The molecule has 0 fully saturated rings. The molecule has 3 aromatic rings. The molecular formula is C23H29BrClN3OS2. The number of thioether (sulfide) groups is 1. The SMILES string of the molecule is CCN(CC)CCN(C(=O)CCCSc1ccccc1)c1nc2ccc(Br)cc2s1.Cl. The summed E-state index contributed by atoms with van der Waals surface area (Å²) in [6, 6.07) is 16.4. The van der Waals surface area contributed by atoms with Crippen LogP contribution in [0.4, 0.5) is 5.13 Å². The summed E-state index contributed by atoms with van der Waals surface area (Å²) in [5.74, 6) is 1.10. The zero-order valence-corrected chi connectivity index (χ0v) is 22.0. The molecule has 0 saturated heterocycles. The van der Waals surface area contributed by atoms with Gasteiger partial charge in [-0.05, 0) is 55.6 Å². The van der Waals surface area contributed by atoms with Crippen LogP contribution in [0.25, 0.3) is 10.2 Å². The zero-order valence-electron chi connectivity index (χ0n) is 17.9. The van der Waals surface area contributed by atoms with E-state index in [9.17, 15) is 4.79 Å². The first-order chi connectivity index (χ1) is 14.6. The first kappa shape index (κ1) is 26.1. The van der Waals surface area contributed by atoms with Crippen LogP contribution in [0.5, 0.6) is 0 Å². The van der Waals surface area contributed by atoms with E-state index >= 15 is 0 Å². The minimum Gasteiger partial charge on any atom is -0.302 e. The molecule has 3 rings (SSSR count). The third-order valence-electron chi connectivity index (χ3n) is 4.95. The Bertz CT molecular complexity index is 950. The Morgan fingerprint density at radius 2 is 1.84 bits per heavy atom. The highest BCUT2D eigenvalue weighted by atomic mass is 79.9. The van der Waals surface area contributed by atoms with Crippen molar-refractivity contribution in [3.63, 3.8) is 0 Å². The van der Waals surface area contributed by atoms with Crippen LogP contribution in [0.3, 0.4) is 0 Å². The van der Waals surface area contributed by atoms with Crippen LogP contribution in [0.15, 0.2) is 57.9 Å². The number of amides is 1. The first-order valence-corrected chi connectivity index (χ1v) is 13.0. The maximum Gasteiger partial charge on any atom is 0.228 e. The molecule has 0 aliphatic rings. The summed E-state index contributed by atoms with van der Waals surface area (Å²) in [4.78, 5) is 23.4. The third kappa shape index (κ3) is 7.75. The summed E-state index contributed by atoms with van der Waals surface area (Å²) in [6.07, 6.45) is 1.40. The molecule has 0 aliphatic heterocycles. The van der Waals surface area contributed by atoms with Crippen molar-refractivity contribution in [1.82, 2.24) is 9.88 Å². The fourth-order valence-electron chi connectivity index (χ4n) is 3.18. The summed E-state index contributed by atoms with van der Waals surface area (Å²) in [7, 11) is 0. The predicted molar refractivity (Wildman–Crippen MR) is 141 cm³/mol. The van der Waals surface area contributed by atoms with Gasteiger partial charge >= 0.3 is 0 Å². The van der Waals surface area contributed by atoms with Crippen LogP contribution in [-0.2, 0) is 4.79 Å². The zero-order chi connectivity index (χ0) is 21.3. The van der Waals surface area contributed by atoms with Gasteiger partial charge in [0.05, 0.1) is 10.2 Å². The molecule has 4 nitrogen and oxygen atoms in total. The van der Waals surface area contributed by atoms with E-state index < -0.39 is 0 Å². The highest BCUT2D eigenvalue weighted by molar-refractivity contribution is 9.10. The Morgan fingerprint density at radius 1 is 1.10 bits per heavy atom. The predicted octanol–water partition coefficient (Wildman–Crippen LogP) is 6.73. The average Bonchev–Trinajstić information content (AvgIpc) is 3.17. The van der Waals surface area contributed by atoms with Crippen LogP contribution in [0.2, 0.25) is 0 Å². The molecule has 31 heavy (non-hydrogen) atoms. The second-order valence-electron chi connectivity index (χ2n) is 6.95. The van der Waals surface area contributed by atoms with Gasteiger partial charge in [0, 0.05) is 28.9 Å². The number of aromatic nitrogens is 1. The van der Waals surface area contributed by atoms with Crippen LogP contribution in [0, 0.1) is 0 Å². The molecule has 0 saturated carbocycles. The Kier molecular flexibility index (Phi) is 11.3. The highest BCUT2D eigenvalue weighted by Gasteiger charge is 2.20. The van der Waals surface area contributed by atoms with E-state index in [1.54, 1.807) is 23.1 Å². The summed E-state index contributed by atoms with van der Waals surface area (Å²) in [5.41, 5.74) is 0.943. The summed E-state index contributed by atoms with van der Waals surface area (Å²) >= 11 is 6.92. The third-order valence-corrected chi connectivity index (χ3v) is 7.59. The van der Waals surface area contributed by atoms with Gasteiger partial charge in [-0.25, -0.2) is 4.98 Å². The van der Waals surface area contributed by atoms with Crippen molar-refractivity contribution in [2.75, 3.05) is 36.8 Å². The smallest absolute Gasteiger partial charge is 0.228 e. The summed E-state index contributed by atoms with van der Waals surface area (Å²) in [6.45, 7) is 7.82. The van der Waals surface area contributed by atoms with Crippen LogP contribution < -0.4 is 4.90 Å². The number of nitrogens with zero attached hydrogens (tertiary/aromatic N) is 3. The van der Waals surface area contributed by atoms with Crippen molar-refractivity contribution >= 4 is 72.7 Å². The molecule has 0 spiro atoms. The van der Waals surface area contributed by atoms with Gasteiger partial charge in [0.1, 0.15) is 0 Å². The molecule has 1 aromatic heterocycles. The first-order valence-electron chi connectivity index (χ1n) is 10.4. The van der Waals surface area contributed by atoms with E-state index in [0.717, 1.165) is 51.6 Å². The number of likely N-dealkylation sites (N-methyl/N-ethyl adjacent to an activating group) is 1. The second-order valence-corrected chi connectivity index (χ2v) is 10.0. The fourth-order valence-corrected chi connectivity index (χ4v) is 5.61. The van der Waals surface area contributed by atoms with Gasteiger partial charge in [-0.3, -0.25) is 9.69 Å². The largest absolute Gasteiger partial charge is 0.302 e. The summed E-state index contributed by atoms with van der Waals surface area (Å²) in [5, 5.41) is 0.802. The Labute approximate surface area is 208 Å². The number of halogens is 2. The number of hydrogen-bond acceptors (Lipinski definition) is 5. The molecule has 2 aromatic carbocycles. The Morgan fingerprint density at radius 3 is 2.55 bits per heavy atom. The Hall–Kier alpha value is -1.12. The maximum atomic E-state index is 13.1. The van der Waals surface area contributed by atoms with Crippen LogP contribution >= 0.6 is 51.4 Å². The van der Waals surface area contributed by atoms with Gasteiger partial charge in [-0.15, -0.1) is 24.2 Å². The molecule has 1 amide bonds. The van der Waals surface area contributed by atoms with E-state index in [0.29, 0.717) is 13.0 Å². The van der Waals surface area contributed by atoms with Gasteiger partial charge in [0.15, 0.2) is 5.13 Å². The number of anilines is 1. The van der Waals surface area contributed by atoms with Crippen molar-refractivity contribution in [2.45, 2.75) is 31.6 Å². The lowest BCUT2D eigenvalue weighted by Crippen LogP contribution is -2.38. The molecule has 0 radical (unpaired) electrons. The topological polar surface area (TPSA) is 36.4 Å². The molecule has 1 heterocycles. The van der Waals surface area contributed by atoms with Crippen molar-refractivity contribution in [3.8, 4) is 0 Å². The van der Waals surface area contributed by atoms with Crippen LogP contribution in [0.1, 0.15) is 26.7 Å². The minimum atomic E-state index is 0. The van der Waals surface area contributed by atoms with E-state index in [4.69, 9.17) is 4.98 Å². The van der Waals surface area contributed by atoms with Gasteiger partial charge < -0.3 is 4.90 Å². The number of carbonyl (C=O) groups is 1. The average molecular weight is 543 g/mol. The molecular weight excluding hydrogens is 514 g/mol. The number of benzene rings is 2. The van der Waals surface area contributed by atoms with E-state index in [1.165, 1.54) is 4.90 Å². The lowest BCUT2D eigenvalue weighted by Gasteiger charge is -2.24. The lowest BCUT2D eigenvalue weighted by molar-refractivity contribution is -0.118. The molecule has 168 valence electrons. The fraction of sp³-hybridized carbons (Fsp3) is 0.391. The van der Waals surface area contributed by atoms with Gasteiger partial charge in [-0.2, -0.15) is 0 Å². The minimum absolute atomic E-state index is 0. The van der Waals surface area contributed by atoms with E-state index in [2.05, 4.69) is 52.9 Å². The van der Waals surface area contributed by atoms with Crippen molar-refractivity contribution in [3.05, 3.63) is 53.0 Å². The normalized spacial score (nSPS) is 11.0. The lowest BCUT2D eigenvalue weighted by atomic mass is 10.3. The molecule has 0 N–H and O–H groups in total. The van der Waals surface area contributed by atoms with Gasteiger partial charge in [0.2, 0.25) is 5.91 Å². The standard InChI is InChI=1S/C23H28BrN3OS2.ClH/c1-3-26(4-2)14-15-27(23-25-20-13-12-18(24)17-21(20)30-23)22(28)11-8-16-29-19-9-6-5-7-10-19;/h5-7,9-10,12-13,17H,3-4,8,11,14-16H2,1-2H3;1H. The summed E-state index contributed by atoms with van der Waals surface area (Å²) < 4.78 is 2.13. The Balaban J connectivity index is 0.00000341. The highest BCUT2D eigenvalue weighted by Crippen LogP contribution is 2.31. The van der Waals surface area contributed by atoms with Crippen LogP contribution in [-0.4, -0.2) is 47.7 Å². The number of carbonyl (C=O) groups excluding carboxylic acids is 1. The van der Waals surface area contributed by atoms with Crippen molar-refractivity contribution in [1.29, 1.82) is 0 Å². The molecule has 0 aliphatic carbocycles. The molecule has 8 heteroatoms. The monoisotopic (exact) mass is 541 g/mol. The number of rotatable bonds is 11. The number of hydrogen-bond donors (Lipinski definition) is 0. The number of thiazole rings is 1. The van der Waals surface area contributed by atoms with E-state index in [1.807, 2.05) is 35.2 Å². The molecule has 0 bridgehead atoms. The number of fused-ring (bicyclic) bond motifs is 1. The quantitative estimate of drug-likeness (QED) is 0.199. The van der Waals surface area contributed by atoms with Crippen molar-refractivity contribution in [2.24, 2.45) is 0 Å². The van der Waals surface area contributed by atoms with Gasteiger partial charge in [0.25, 0.3) is 0 Å². The molecule has 0 atom stereocenters. The maximum absolute atomic E-state index is 13.1. The van der Waals surface area contributed by atoms with Gasteiger partial charge in [-0.1, -0.05) is 59.3 Å². The van der Waals surface area contributed by atoms with Crippen molar-refractivity contribution < 1.29 is 4.79 Å². The molecule has 0 unspecified atom stereocenters.